The summed E-state index contributed by atoms with van der Waals surface area (Å²) in [4.78, 5) is 2.32. The monoisotopic (exact) mass is 216 g/mol. The van der Waals surface area contributed by atoms with E-state index in [1.807, 2.05) is 0 Å². The van der Waals surface area contributed by atoms with Gasteiger partial charge in [0.05, 0.1) is 0 Å². The molecule has 82 valence electrons. The summed E-state index contributed by atoms with van der Waals surface area (Å²) < 4.78 is 19.8. The Labute approximate surface area is 86.8 Å². The van der Waals surface area contributed by atoms with Crippen LogP contribution in [0.4, 0.5) is 0 Å². The molecule has 0 radical (unpaired) electrons. The highest BCUT2D eigenvalue weighted by Gasteiger charge is 2.34. The number of piperidine rings is 1. The molecule has 2 rings (SSSR count). The van der Waals surface area contributed by atoms with Crippen molar-refractivity contribution in [2.24, 2.45) is 5.92 Å². The Morgan fingerprint density at radius 1 is 1.29 bits per heavy atom. The summed E-state index contributed by atoms with van der Waals surface area (Å²) in [5.74, 6) is 1.22. The highest BCUT2D eigenvalue weighted by atomic mass is 32.2. The molecule has 0 aromatic rings. The molecular weight excluding hydrogens is 196 g/mol. The van der Waals surface area contributed by atoms with Gasteiger partial charge in [-0.3, -0.25) is 4.78 Å². The number of likely N-dealkylation sites (tertiary alicyclic amines) is 1. The fourth-order valence-electron chi connectivity index (χ4n) is 2.16. The van der Waals surface area contributed by atoms with Crippen LogP contribution in [0.15, 0.2) is 0 Å². The van der Waals surface area contributed by atoms with Crippen LogP contribution in [0.5, 0.6) is 0 Å². The molecule has 0 aromatic heterocycles. The smallest absolute Gasteiger partial charge is 0.0473 e. The van der Waals surface area contributed by atoms with E-state index in [0.29, 0.717) is 11.7 Å². The number of nitrogens with one attached hydrogen (secondary N) is 1. The zero-order chi connectivity index (χ0) is 10.2. The maximum Gasteiger partial charge on any atom is 0.0473 e. The lowest BCUT2D eigenvalue weighted by atomic mass is 10.00. The van der Waals surface area contributed by atoms with Gasteiger partial charge in [-0.15, -0.1) is 0 Å². The van der Waals surface area contributed by atoms with Crippen molar-refractivity contribution in [3.63, 3.8) is 0 Å². The summed E-state index contributed by atoms with van der Waals surface area (Å²) >= 11 is 0. The number of nitrogens with zero attached hydrogens (tertiary/aromatic N) is 1. The maximum atomic E-state index is 12.0. The summed E-state index contributed by atoms with van der Waals surface area (Å²) in [6, 6.07) is 0. The molecule has 3 nitrogen and oxygen atoms in total. The van der Waals surface area contributed by atoms with Crippen molar-refractivity contribution in [2.75, 3.05) is 25.9 Å². The molecule has 1 saturated carbocycles. The number of rotatable bonds is 3. The highest BCUT2D eigenvalue weighted by molar-refractivity contribution is 7.93. The highest BCUT2D eigenvalue weighted by Crippen LogP contribution is 2.32. The van der Waals surface area contributed by atoms with Gasteiger partial charge in [0, 0.05) is 20.7 Å². The van der Waals surface area contributed by atoms with Crippen LogP contribution in [0.25, 0.3) is 0 Å². The van der Waals surface area contributed by atoms with Crippen molar-refractivity contribution in [1.29, 1.82) is 4.78 Å². The number of hydrogen-bond donors (Lipinski definition) is 1. The van der Waals surface area contributed by atoms with Crippen LogP contribution in [-0.2, 0) is 9.73 Å². The number of hydrogen-bond acceptors (Lipinski definition) is 3. The molecule has 2 aliphatic rings. The third kappa shape index (κ3) is 2.48. The first kappa shape index (κ1) is 10.4. The molecule has 1 N–H and O–H groups in total. The predicted molar refractivity (Wildman–Crippen MR) is 59.0 cm³/mol. The molecule has 0 spiro atoms. The molecule has 4 heteroatoms. The van der Waals surface area contributed by atoms with Gasteiger partial charge in [-0.1, -0.05) is 0 Å². The van der Waals surface area contributed by atoms with Crippen LogP contribution < -0.4 is 0 Å². The molecule has 1 aliphatic heterocycles. The third-order valence-electron chi connectivity index (χ3n) is 3.38. The Hall–Kier alpha value is -0.0900. The van der Waals surface area contributed by atoms with Crippen molar-refractivity contribution in [3.8, 4) is 0 Å². The van der Waals surface area contributed by atoms with Crippen LogP contribution in [-0.4, -0.2) is 40.2 Å². The zero-order valence-electron chi connectivity index (χ0n) is 8.87. The predicted octanol–water partition coefficient (Wildman–Crippen LogP) is 1.54. The van der Waals surface area contributed by atoms with Crippen LogP contribution in [0, 0.1) is 10.7 Å². The normalized spacial score (nSPS) is 30.1. The average Bonchev–Trinajstić information content (AvgIpc) is 2.91. The minimum atomic E-state index is -2.22. The van der Waals surface area contributed by atoms with E-state index in [4.69, 9.17) is 4.78 Å². The van der Waals surface area contributed by atoms with Gasteiger partial charge in [0.25, 0.3) is 0 Å². The van der Waals surface area contributed by atoms with Crippen molar-refractivity contribution < 1.29 is 4.21 Å². The molecular formula is C10H20N2OS. The summed E-state index contributed by atoms with van der Waals surface area (Å²) in [6.45, 7) is 2.23. The second kappa shape index (κ2) is 3.81. The Bertz CT molecular complexity index is 287. The topological polar surface area (TPSA) is 44.2 Å². The molecule has 2 fully saturated rings. The van der Waals surface area contributed by atoms with E-state index >= 15 is 0 Å². The van der Waals surface area contributed by atoms with Crippen molar-refractivity contribution >= 4 is 9.73 Å². The maximum absolute atomic E-state index is 12.0. The van der Waals surface area contributed by atoms with Crippen LogP contribution in [0.2, 0.25) is 0 Å². The fourth-order valence-corrected chi connectivity index (χ4v) is 4.37. The van der Waals surface area contributed by atoms with Gasteiger partial charge >= 0.3 is 0 Å². The van der Waals surface area contributed by atoms with E-state index < -0.39 is 9.73 Å². The Kier molecular flexibility index (Phi) is 2.84. The molecule has 1 saturated heterocycles. The Morgan fingerprint density at radius 2 is 1.86 bits per heavy atom. The van der Waals surface area contributed by atoms with Gasteiger partial charge in [0.1, 0.15) is 0 Å². The van der Waals surface area contributed by atoms with Gasteiger partial charge in [-0.25, -0.2) is 4.21 Å². The van der Waals surface area contributed by atoms with Gasteiger partial charge in [0.15, 0.2) is 0 Å². The van der Waals surface area contributed by atoms with Crippen LogP contribution in [0.1, 0.15) is 25.7 Å². The first-order valence-corrected chi connectivity index (χ1v) is 7.31. The van der Waals surface area contributed by atoms with E-state index in [-0.39, 0.29) is 5.25 Å². The first-order valence-electron chi connectivity index (χ1n) is 5.52. The molecule has 1 heterocycles. The fraction of sp³-hybridized carbons (Fsp3) is 1.00. The SMILES string of the molecule is CN1CCC(CS(=N)(=O)C2CC2)CC1. The van der Waals surface area contributed by atoms with Gasteiger partial charge in [-0.05, 0) is 51.7 Å². The molecule has 1 unspecified atom stereocenters. The standard InChI is InChI=1S/C10H20N2OS/c1-12-6-4-9(5-7-12)8-14(11,13)10-2-3-10/h9-11H,2-8H2,1H3. The lowest BCUT2D eigenvalue weighted by molar-refractivity contribution is 0.231. The van der Waals surface area contributed by atoms with Gasteiger partial charge in [-0.2, -0.15) is 0 Å². The third-order valence-corrected chi connectivity index (χ3v) is 5.90. The van der Waals surface area contributed by atoms with Crippen molar-refractivity contribution in [2.45, 2.75) is 30.9 Å². The van der Waals surface area contributed by atoms with Gasteiger partial charge in [0.2, 0.25) is 0 Å². The van der Waals surface area contributed by atoms with E-state index in [2.05, 4.69) is 11.9 Å². The summed E-state index contributed by atoms with van der Waals surface area (Å²) in [6.07, 6.45) is 4.35. The Morgan fingerprint density at radius 3 is 2.36 bits per heavy atom. The molecule has 0 aromatic carbocycles. The second-order valence-corrected chi connectivity index (χ2v) is 7.29. The van der Waals surface area contributed by atoms with E-state index in [1.165, 1.54) is 0 Å². The average molecular weight is 216 g/mol. The second-order valence-electron chi connectivity index (χ2n) is 4.84. The summed E-state index contributed by atoms with van der Waals surface area (Å²) in [5, 5.41) is 0.252. The minimum Gasteiger partial charge on any atom is -0.306 e. The Balaban J connectivity index is 1.85. The van der Waals surface area contributed by atoms with Gasteiger partial charge < -0.3 is 4.90 Å². The molecule has 0 amide bonds. The van der Waals surface area contributed by atoms with Crippen molar-refractivity contribution in [3.05, 3.63) is 0 Å². The molecule has 0 bridgehead atoms. The lowest BCUT2D eigenvalue weighted by Crippen LogP contribution is -2.33. The van der Waals surface area contributed by atoms with Crippen molar-refractivity contribution in [1.82, 2.24) is 4.90 Å². The molecule has 1 atom stereocenters. The largest absolute Gasteiger partial charge is 0.306 e. The van der Waals surface area contributed by atoms with E-state index in [9.17, 15) is 4.21 Å². The van der Waals surface area contributed by atoms with E-state index in [0.717, 1.165) is 38.8 Å². The van der Waals surface area contributed by atoms with E-state index in [1.54, 1.807) is 0 Å². The molecule has 14 heavy (non-hydrogen) atoms. The quantitative estimate of drug-likeness (QED) is 0.777. The molecule has 1 aliphatic carbocycles. The first-order chi connectivity index (χ1) is 6.58. The van der Waals surface area contributed by atoms with Crippen LogP contribution >= 0.6 is 0 Å². The van der Waals surface area contributed by atoms with Crippen LogP contribution in [0.3, 0.4) is 0 Å². The lowest BCUT2D eigenvalue weighted by Gasteiger charge is -2.29. The zero-order valence-corrected chi connectivity index (χ0v) is 9.68. The minimum absolute atomic E-state index is 0.252. The summed E-state index contributed by atoms with van der Waals surface area (Å²) in [7, 11) is -0.0887. The summed E-state index contributed by atoms with van der Waals surface area (Å²) in [5.41, 5.74) is 0.